The van der Waals surface area contributed by atoms with Crippen molar-refractivity contribution in [1.82, 2.24) is 15.1 Å². The summed E-state index contributed by atoms with van der Waals surface area (Å²) in [6.45, 7) is 0.689. The fourth-order valence-corrected chi connectivity index (χ4v) is 3.20. The highest BCUT2D eigenvalue weighted by Gasteiger charge is 2.35. The average Bonchev–Trinajstić information content (AvgIpc) is 3.02. The lowest BCUT2D eigenvalue weighted by molar-refractivity contribution is -0.0494. The second kappa shape index (κ2) is 7.10. The molecule has 0 bridgehead atoms. The number of aliphatic hydroxyl groups excluding tert-OH is 1. The quantitative estimate of drug-likeness (QED) is 0.888. The molecule has 1 aromatic carbocycles. The van der Waals surface area contributed by atoms with Crippen molar-refractivity contribution in [1.29, 1.82) is 0 Å². The van der Waals surface area contributed by atoms with Crippen LogP contribution < -0.4 is 4.74 Å². The molecule has 1 aromatic heterocycles. The second-order valence-electron chi connectivity index (χ2n) is 6.10. The van der Waals surface area contributed by atoms with Gasteiger partial charge in [0, 0.05) is 30.5 Å². The lowest BCUT2D eigenvalue weighted by Crippen LogP contribution is -2.51. The monoisotopic (exact) mass is 319 g/mol. The Morgan fingerprint density at radius 1 is 1.39 bits per heavy atom. The van der Waals surface area contributed by atoms with Crippen molar-refractivity contribution < 1.29 is 14.2 Å². The third-order valence-electron chi connectivity index (χ3n) is 4.39. The van der Waals surface area contributed by atoms with Gasteiger partial charge in [0.2, 0.25) is 0 Å². The summed E-state index contributed by atoms with van der Waals surface area (Å²) in [6, 6.07) is 7.99. The molecule has 3 atom stereocenters. The van der Waals surface area contributed by atoms with Gasteiger partial charge in [-0.3, -0.25) is 10.00 Å². The van der Waals surface area contributed by atoms with Crippen LogP contribution in [0.2, 0.25) is 0 Å². The Kier molecular flexibility index (Phi) is 4.93. The van der Waals surface area contributed by atoms with Crippen LogP contribution in [0.3, 0.4) is 0 Å². The molecule has 0 spiro atoms. The van der Waals surface area contributed by atoms with E-state index in [4.69, 9.17) is 4.74 Å². The van der Waals surface area contributed by atoms with Crippen LogP contribution in [0.25, 0.3) is 0 Å². The van der Waals surface area contributed by atoms with Crippen molar-refractivity contribution in [2.45, 2.75) is 44.1 Å². The van der Waals surface area contributed by atoms with Gasteiger partial charge >= 0.3 is 0 Å². The zero-order chi connectivity index (χ0) is 16.2. The summed E-state index contributed by atoms with van der Waals surface area (Å²) in [5, 5.41) is 17.5. The second-order valence-corrected chi connectivity index (χ2v) is 6.10. The predicted molar refractivity (Wildman–Crippen MR) is 84.5 cm³/mol. The molecule has 3 rings (SSSR count). The number of aromatic amines is 1. The van der Waals surface area contributed by atoms with Crippen LogP contribution in [-0.2, 0) is 6.54 Å². The molecule has 124 valence electrons. The fraction of sp³-hybridized carbons (Fsp3) is 0.471. The van der Waals surface area contributed by atoms with E-state index in [1.54, 1.807) is 18.3 Å². The minimum atomic E-state index is -0.611. The summed E-state index contributed by atoms with van der Waals surface area (Å²) >= 11 is 0. The van der Waals surface area contributed by atoms with Crippen molar-refractivity contribution >= 4 is 0 Å². The Hall–Kier alpha value is -1.92. The molecule has 2 N–H and O–H groups in total. The van der Waals surface area contributed by atoms with Gasteiger partial charge in [-0.25, -0.2) is 4.39 Å². The normalized spacial score (nSPS) is 24.8. The number of ether oxygens (including phenoxy) is 1. The number of H-pyrrole nitrogens is 1. The maximum atomic E-state index is 13.3. The van der Waals surface area contributed by atoms with E-state index in [1.807, 2.05) is 13.1 Å². The molecular formula is C17H22FN3O2. The Morgan fingerprint density at radius 3 is 3.00 bits per heavy atom. The first-order valence-corrected chi connectivity index (χ1v) is 7.92. The number of nitrogens with zero attached hydrogens (tertiary/aromatic N) is 2. The summed E-state index contributed by atoms with van der Waals surface area (Å²) in [4.78, 5) is 2.11. The van der Waals surface area contributed by atoms with Gasteiger partial charge in [0.05, 0.1) is 0 Å². The summed E-state index contributed by atoms with van der Waals surface area (Å²) in [7, 11) is 1.99. The lowest BCUT2D eigenvalue weighted by Gasteiger charge is -2.39. The molecule has 2 aromatic rings. The first-order valence-electron chi connectivity index (χ1n) is 7.92. The molecule has 0 radical (unpaired) electrons. The van der Waals surface area contributed by atoms with E-state index in [-0.39, 0.29) is 18.0 Å². The molecule has 5 nitrogen and oxygen atoms in total. The number of hydrogen-bond acceptors (Lipinski definition) is 4. The van der Waals surface area contributed by atoms with E-state index in [2.05, 4.69) is 15.1 Å². The minimum Gasteiger partial charge on any atom is -0.488 e. The maximum Gasteiger partial charge on any atom is 0.126 e. The van der Waals surface area contributed by atoms with Gasteiger partial charge < -0.3 is 9.84 Å². The summed E-state index contributed by atoms with van der Waals surface area (Å²) < 4.78 is 19.1. The van der Waals surface area contributed by atoms with Crippen molar-refractivity contribution in [2.24, 2.45) is 0 Å². The molecule has 23 heavy (non-hydrogen) atoms. The molecule has 1 aliphatic rings. The lowest BCUT2D eigenvalue weighted by atomic mass is 9.89. The highest BCUT2D eigenvalue weighted by Crippen LogP contribution is 2.27. The summed E-state index contributed by atoms with van der Waals surface area (Å²) in [5.41, 5.74) is 1.01. The Bertz CT molecular complexity index is 620. The molecule has 0 saturated heterocycles. The Morgan fingerprint density at radius 2 is 2.26 bits per heavy atom. The zero-order valence-electron chi connectivity index (χ0n) is 13.2. The first-order chi connectivity index (χ1) is 11.1. The van der Waals surface area contributed by atoms with Gasteiger partial charge in [0.25, 0.3) is 0 Å². The van der Waals surface area contributed by atoms with Crippen LogP contribution >= 0.6 is 0 Å². The smallest absolute Gasteiger partial charge is 0.126 e. The first kappa shape index (κ1) is 16.0. The van der Waals surface area contributed by atoms with Crippen molar-refractivity contribution in [3.8, 4) is 5.75 Å². The van der Waals surface area contributed by atoms with E-state index in [9.17, 15) is 9.50 Å². The van der Waals surface area contributed by atoms with Crippen molar-refractivity contribution in [3.63, 3.8) is 0 Å². The van der Waals surface area contributed by atoms with E-state index in [1.165, 1.54) is 12.1 Å². The van der Waals surface area contributed by atoms with Gasteiger partial charge in [-0.15, -0.1) is 0 Å². The van der Waals surface area contributed by atoms with E-state index in [0.29, 0.717) is 12.3 Å². The topological polar surface area (TPSA) is 61.4 Å². The Labute approximate surface area is 135 Å². The number of aliphatic hydroxyl groups is 1. The third kappa shape index (κ3) is 3.89. The van der Waals surface area contributed by atoms with E-state index in [0.717, 1.165) is 25.0 Å². The number of nitrogens with one attached hydrogen (secondary N) is 1. The predicted octanol–water partition coefficient (Wildman–Crippen LogP) is 2.34. The number of halogens is 1. The molecule has 1 saturated carbocycles. The van der Waals surface area contributed by atoms with Crippen LogP contribution in [0.4, 0.5) is 4.39 Å². The number of benzene rings is 1. The number of rotatable bonds is 5. The molecule has 6 heteroatoms. The molecule has 1 heterocycles. The highest BCUT2D eigenvalue weighted by atomic mass is 19.1. The Balaban J connectivity index is 1.64. The number of hydrogen-bond donors (Lipinski definition) is 2. The number of likely N-dealkylation sites (N-methyl/N-ethyl adjacent to an activating group) is 1. The molecule has 1 fully saturated rings. The van der Waals surface area contributed by atoms with Gasteiger partial charge in [-0.05, 0) is 44.5 Å². The van der Waals surface area contributed by atoms with Gasteiger partial charge in [0.15, 0.2) is 0 Å². The molecular weight excluding hydrogens is 297 g/mol. The minimum absolute atomic E-state index is 0.00519. The summed E-state index contributed by atoms with van der Waals surface area (Å²) in [6.07, 6.45) is 3.44. The van der Waals surface area contributed by atoms with Gasteiger partial charge in [0.1, 0.15) is 23.8 Å². The SMILES string of the molecule is CN(Cc1ccn[nH]1)[C@@H]1CCC[C@H](Oc2cccc(F)c2)[C@H]1O. The van der Waals surface area contributed by atoms with Crippen LogP contribution in [0, 0.1) is 5.82 Å². The third-order valence-corrected chi connectivity index (χ3v) is 4.39. The van der Waals surface area contributed by atoms with E-state index < -0.39 is 6.10 Å². The van der Waals surface area contributed by atoms with Crippen LogP contribution in [0.1, 0.15) is 25.0 Å². The highest BCUT2D eigenvalue weighted by molar-refractivity contribution is 5.23. The van der Waals surface area contributed by atoms with Crippen molar-refractivity contribution in [2.75, 3.05) is 7.05 Å². The largest absolute Gasteiger partial charge is 0.488 e. The fourth-order valence-electron chi connectivity index (χ4n) is 3.20. The summed E-state index contributed by atoms with van der Waals surface area (Å²) in [5.74, 6) is 0.131. The van der Waals surface area contributed by atoms with Crippen LogP contribution in [0.15, 0.2) is 36.5 Å². The molecule has 0 unspecified atom stereocenters. The van der Waals surface area contributed by atoms with Gasteiger partial charge in [-0.2, -0.15) is 5.10 Å². The zero-order valence-corrected chi connectivity index (χ0v) is 13.2. The molecule has 0 aliphatic heterocycles. The van der Waals surface area contributed by atoms with E-state index >= 15 is 0 Å². The molecule has 1 aliphatic carbocycles. The number of aromatic nitrogens is 2. The van der Waals surface area contributed by atoms with Crippen LogP contribution in [-0.4, -0.2) is 45.5 Å². The molecule has 0 amide bonds. The standard InChI is InChI=1S/C17H22FN3O2/c1-21(11-13-8-9-19-20-13)15-6-3-7-16(17(15)22)23-14-5-2-4-12(18)10-14/h2,4-5,8-10,15-17,22H,3,6-7,11H2,1H3,(H,19,20)/t15-,16+,17+/m1/s1. The van der Waals surface area contributed by atoms with Crippen LogP contribution in [0.5, 0.6) is 5.75 Å². The van der Waals surface area contributed by atoms with Gasteiger partial charge in [-0.1, -0.05) is 6.07 Å². The maximum absolute atomic E-state index is 13.3. The van der Waals surface area contributed by atoms with Crippen molar-refractivity contribution in [3.05, 3.63) is 48.0 Å². The average molecular weight is 319 g/mol.